The van der Waals surface area contributed by atoms with Crippen LogP contribution in [0.5, 0.6) is 0 Å². The summed E-state index contributed by atoms with van der Waals surface area (Å²) in [4.78, 5) is 39.9. The van der Waals surface area contributed by atoms with Gasteiger partial charge in [0.2, 0.25) is 0 Å². The van der Waals surface area contributed by atoms with E-state index in [2.05, 4.69) is 20.3 Å². The number of nitrogens with one attached hydrogen (secondary N) is 1. The summed E-state index contributed by atoms with van der Waals surface area (Å²) in [6, 6.07) is 14.8. The zero-order chi connectivity index (χ0) is 21.6. The van der Waals surface area contributed by atoms with E-state index < -0.39 is 0 Å². The largest absolute Gasteiger partial charge is 0.346 e. The predicted molar refractivity (Wildman–Crippen MR) is 116 cm³/mol. The van der Waals surface area contributed by atoms with Gasteiger partial charge < -0.3 is 10.2 Å². The molecule has 1 N–H and O–H groups in total. The topological polar surface area (TPSA) is 88.1 Å². The minimum absolute atomic E-state index is 0.0258. The van der Waals surface area contributed by atoms with Crippen molar-refractivity contribution in [2.24, 2.45) is 0 Å². The molecule has 1 saturated heterocycles. The molecule has 4 rings (SSSR count). The van der Waals surface area contributed by atoms with E-state index in [1.165, 1.54) is 0 Å². The molecule has 3 aromatic rings. The highest BCUT2D eigenvalue weighted by Gasteiger charge is 2.25. The summed E-state index contributed by atoms with van der Waals surface area (Å²) in [5.74, 6) is 0.0849. The van der Waals surface area contributed by atoms with Crippen molar-refractivity contribution in [2.75, 3.05) is 13.1 Å². The zero-order valence-corrected chi connectivity index (χ0v) is 17.5. The molecule has 0 saturated carbocycles. The molecular formula is C24H25N5O2. The maximum Gasteiger partial charge on any atom is 0.272 e. The second-order valence-electron chi connectivity index (χ2n) is 7.71. The summed E-state index contributed by atoms with van der Waals surface area (Å²) < 4.78 is 0. The number of carbonyl (C=O) groups is 2. The molecule has 0 atom stereocenters. The average molecular weight is 415 g/mol. The fourth-order valence-corrected chi connectivity index (χ4v) is 3.78. The van der Waals surface area contributed by atoms with Gasteiger partial charge >= 0.3 is 0 Å². The first-order valence-corrected chi connectivity index (χ1v) is 10.5. The minimum atomic E-state index is -0.168. The number of aromatic nitrogens is 3. The van der Waals surface area contributed by atoms with Crippen molar-refractivity contribution in [2.45, 2.75) is 32.2 Å². The molecule has 1 fully saturated rings. The third-order valence-electron chi connectivity index (χ3n) is 5.51. The van der Waals surface area contributed by atoms with Crippen LogP contribution in [0.1, 0.15) is 56.7 Å². The summed E-state index contributed by atoms with van der Waals surface area (Å²) in [5.41, 5.74) is 3.71. The fourth-order valence-electron chi connectivity index (χ4n) is 3.78. The Hall–Kier alpha value is -3.61. The number of likely N-dealkylation sites (tertiary alicyclic amines) is 1. The van der Waals surface area contributed by atoms with Gasteiger partial charge in [-0.2, -0.15) is 0 Å². The summed E-state index contributed by atoms with van der Waals surface area (Å²) >= 11 is 0. The Bertz CT molecular complexity index is 1050. The molecule has 0 aliphatic carbocycles. The molecule has 0 unspecified atom stereocenters. The lowest BCUT2D eigenvalue weighted by atomic mass is 9.92. The maximum atomic E-state index is 12.5. The molecule has 7 nitrogen and oxygen atoms in total. The molecule has 0 aromatic carbocycles. The first-order chi connectivity index (χ1) is 15.1. The van der Waals surface area contributed by atoms with Gasteiger partial charge in [0.25, 0.3) is 11.8 Å². The lowest BCUT2D eigenvalue weighted by Crippen LogP contribution is -2.38. The van der Waals surface area contributed by atoms with Gasteiger partial charge in [-0.05, 0) is 56.2 Å². The standard InChI is InChI=1S/C24H25N5O2/c1-17-5-4-6-20(28-17)16-27-23(30)19-8-9-21(26-15-19)18-10-13-29(14-11-18)24(31)22-7-2-3-12-25-22/h2-9,12,15,18H,10-11,13-14,16H2,1H3,(H,27,30). The number of nitrogens with zero attached hydrogens (tertiary/aromatic N) is 4. The molecule has 3 aromatic heterocycles. The van der Waals surface area contributed by atoms with Crippen molar-refractivity contribution < 1.29 is 9.59 Å². The van der Waals surface area contributed by atoms with Crippen LogP contribution in [0, 0.1) is 6.92 Å². The number of pyridine rings is 3. The Kier molecular flexibility index (Phi) is 6.31. The van der Waals surface area contributed by atoms with Crippen LogP contribution < -0.4 is 5.32 Å². The fraction of sp³-hybridized carbons (Fsp3) is 0.292. The Labute approximate surface area is 181 Å². The van der Waals surface area contributed by atoms with Crippen LogP contribution in [0.15, 0.2) is 60.9 Å². The number of rotatable bonds is 5. The second-order valence-corrected chi connectivity index (χ2v) is 7.71. The van der Waals surface area contributed by atoms with E-state index in [4.69, 9.17) is 0 Å². The molecule has 31 heavy (non-hydrogen) atoms. The molecule has 158 valence electrons. The first kappa shape index (κ1) is 20.7. The SMILES string of the molecule is Cc1cccc(CNC(=O)c2ccc(C3CCN(C(=O)c4ccccn4)CC3)nc2)n1. The molecule has 1 aliphatic heterocycles. The lowest BCUT2D eigenvalue weighted by Gasteiger charge is -2.31. The number of piperidine rings is 1. The van der Waals surface area contributed by atoms with Crippen LogP contribution in [0.25, 0.3) is 0 Å². The molecule has 1 aliphatic rings. The number of hydrogen-bond donors (Lipinski definition) is 1. The minimum Gasteiger partial charge on any atom is -0.346 e. The third kappa shape index (κ3) is 5.12. The van der Waals surface area contributed by atoms with Crippen LogP contribution in [-0.2, 0) is 6.54 Å². The van der Waals surface area contributed by atoms with E-state index in [0.717, 1.165) is 29.9 Å². The second kappa shape index (κ2) is 9.47. The van der Waals surface area contributed by atoms with Gasteiger partial charge in [0.15, 0.2) is 0 Å². The molecule has 2 amide bonds. The molecule has 0 bridgehead atoms. The van der Waals surface area contributed by atoms with Crippen molar-refractivity contribution in [1.29, 1.82) is 0 Å². The normalized spacial score (nSPS) is 14.3. The van der Waals surface area contributed by atoms with E-state index in [1.807, 2.05) is 48.2 Å². The summed E-state index contributed by atoms with van der Waals surface area (Å²) in [6.07, 6.45) is 4.95. The van der Waals surface area contributed by atoms with Crippen LogP contribution in [0.3, 0.4) is 0 Å². The third-order valence-corrected chi connectivity index (χ3v) is 5.51. The smallest absolute Gasteiger partial charge is 0.272 e. The molecule has 7 heteroatoms. The number of carbonyl (C=O) groups excluding carboxylic acids is 2. The van der Waals surface area contributed by atoms with Crippen molar-refractivity contribution in [3.63, 3.8) is 0 Å². The maximum absolute atomic E-state index is 12.5. The van der Waals surface area contributed by atoms with Gasteiger partial charge in [-0.15, -0.1) is 0 Å². The lowest BCUT2D eigenvalue weighted by molar-refractivity contribution is 0.0705. The molecule has 0 radical (unpaired) electrons. The van der Waals surface area contributed by atoms with E-state index in [1.54, 1.807) is 24.5 Å². The van der Waals surface area contributed by atoms with Crippen molar-refractivity contribution in [1.82, 2.24) is 25.2 Å². The van der Waals surface area contributed by atoms with Crippen molar-refractivity contribution in [3.05, 3.63) is 89.3 Å². The van der Waals surface area contributed by atoms with Gasteiger partial charge in [0.1, 0.15) is 5.69 Å². The van der Waals surface area contributed by atoms with Crippen LogP contribution in [0.4, 0.5) is 0 Å². The van der Waals surface area contributed by atoms with Gasteiger partial charge in [0.05, 0.1) is 17.8 Å². The number of amides is 2. The highest BCUT2D eigenvalue weighted by atomic mass is 16.2. The van der Waals surface area contributed by atoms with E-state index in [-0.39, 0.29) is 17.7 Å². The molecular weight excluding hydrogens is 390 g/mol. The monoisotopic (exact) mass is 415 g/mol. The Morgan fingerprint density at radius 1 is 1.03 bits per heavy atom. The van der Waals surface area contributed by atoms with E-state index in [9.17, 15) is 9.59 Å². The van der Waals surface area contributed by atoms with Crippen LogP contribution in [0.2, 0.25) is 0 Å². The zero-order valence-electron chi connectivity index (χ0n) is 17.5. The van der Waals surface area contributed by atoms with E-state index in [0.29, 0.717) is 30.9 Å². The van der Waals surface area contributed by atoms with E-state index >= 15 is 0 Å². The average Bonchev–Trinajstić information content (AvgIpc) is 2.83. The van der Waals surface area contributed by atoms with Crippen molar-refractivity contribution in [3.8, 4) is 0 Å². The van der Waals surface area contributed by atoms with Gasteiger partial charge in [0, 0.05) is 42.8 Å². The first-order valence-electron chi connectivity index (χ1n) is 10.5. The number of hydrogen-bond acceptors (Lipinski definition) is 5. The summed E-state index contributed by atoms with van der Waals surface area (Å²) in [7, 11) is 0. The van der Waals surface area contributed by atoms with Crippen LogP contribution >= 0.6 is 0 Å². The van der Waals surface area contributed by atoms with Gasteiger partial charge in [-0.25, -0.2) is 0 Å². The summed E-state index contributed by atoms with van der Waals surface area (Å²) in [6.45, 7) is 3.65. The Morgan fingerprint density at radius 3 is 2.55 bits per heavy atom. The quantitative estimate of drug-likeness (QED) is 0.692. The highest BCUT2D eigenvalue weighted by Crippen LogP contribution is 2.27. The molecule has 4 heterocycles. The van der Waals surface area contributed by atoms with Crippen molar-refractivity contribution >= 4 is 11.8 Å². The Balaban J connectivity index is 1.30. The van der Waals surface area contributed by atoms with Crippen LogP contribution in [-0.4, -0.2) is 44.8 Å². The Morgan fingerprint density at radius 2 is 1.87 bits per heavy atom. The predicted octanol–water partition coefficient (Wildman–Crippen LogP) is 3.13. The molecule has 0 spiro atoms. The number of aryl methyl sites for hydroxylation is 1. The van der Waals surface area contributed by atoms with Gasteiger partial charge in [-0.1, -0.05) is 12.1 Å². The summed E-state index contributed by atoms with van der Waals surface area (Å²) in [5, 5.41) is 2.88. The highest BCUT2D eigenvalue weighted by molar-refractivity contribution is 5.94. The van der Waals surface area contributed by atoms with Gasteiger partial charge in [-0.3, -0.25) is 24.5 Å².